The number of carbonyl (C=O) groups excluding carboxylic acids is 1. The minimum absolute atomic E-state index is 0.165. The Hall–Kier alpha value is -2.54. The summed E-state index contributed by atoms with van der Waals surface area (Å²) in [4.78, 5) is 18.8. The Balaban J connectivity index is 1.60. The molecule has 0 N–H and O–H groups in total. The van der Waals surface area contributed by atoms with Gasteiger partial charge >= 0.3 is 6.09 Å². The lowest BCUT2D eigenvalue weighted by molar-refractivity contribution is 0.00128. The second kappa shape index (κ2) is 7.37. The van der Waals surface area contributed by atoms with Crippen LogP contribution in [0.2, 0.25) is 0 Å². The molecule has 0 aliphatic carbocycles. The first-order chi connectivity index (χ1) is 13.7. The third-order valence-corrected chi connectivity index (χ3v) is 5.41. The molecule has 7 heteroatoms. The molecule has 1 aliphatic rings. The van der Waals surface area contributed by atoms with Crippen LogP contribution < -0.4 is 4.74 Å². The van der Waals surface area contributed by atoms with E-state index in [1.807, 2.05) is 70.2 Å². The standard InChI is InChI=1S/C22H24BrN3O3/c1-14-24-19-18(11-10-17(23)20(19)28-16-8-6-5-7-9-16)26(14)15-12-25(13-15)21(27)29-22(2,3)4/h5-11,15H,12-13H2,1-4H3. The van der Waals surface area contributed by atoms with E-state index in [0.717, 1.165) is 27.1 Å². The zero-order chi connectivity index (χ0) is 20.8. The van der Waals surface area contributed by atoms with E-state index in [-0.39, 0.29) is 12.1 Å². The van der Waals surface area contributed by atoms with Crippen molar-refractivity contribution in [1.29, 1.82) is 0 Å². The highest BCUT2D eigenvalue weighted by molar-refractivity contribution is 9.10. The number of fused-ring (bicyclic) bond motifs is 1. The van der Waals surface area contributed by atoms with Crippen LogP contribution in [0, 0.1) is 6.92 Å². The van der Waals surface area contributed by atoms with Crippen molar-refractivity contribution >= 4 is 33.1 Å². The molecule has 1 aliphatic heterocycles. The molecule has 1 saturated heterocycles. The molecular weight excluding hydrogens is 434 g/mol. The fourth-order valence-electron chi connectivity index (χ4n) is 3.49. The molecule has 3 aromatic rings. The van der Waals surface area contributed by atoms with E-state index >= 15 is 0 Å². The number of ether oxygens (including phenoxy) is 2. The number of benzene rings is 2. The van der Waals surface area contributed by atoms with Crippen molar-refractivity contribution in [2.75, 3.05) is 13.1 Å². The van der Waals surface area contributed by atoms with E-state index in [9.17, 15) is 4.79 Å². The Morgan fingerprint density at radius 2 is 1.83 bits per heavy atom. The van der Waals surface area contributed by atoms with Gasteiger partial charge in [0.15, 0.2) is 5.75 Å². The predicted molar refractivity (Wildman–Crippen MR) is 116 cm³/mol. The average molecular weight is 458 g/mol. The number of para-hydroxylation sites is 1. The predicted octanol–water partition coefficient (Wildman–Crippen LogP) is 5.69. The van der Waals surface area contributed by atoms with Gasteiger partial charge in [0.25, 0.3) is 0 Å². The normalized spacial score (nSPS) is 14.7. The number of nitrogens with zero attached hydrogens (tertiary/aromatic N) is 3. The van der Waals surface area contributed by atoms with Gasteiger partial charge in [0.1, 0.15) is 22.7 Å². The monoisotopic (exact) mass is 457 g/mol. The van der Waals surface area contributed by atoms with Crippen molar-refractivity contribution in [2.24, 2.45) is 0 Å². The summed E-state index contributed by atoms with van der Waals surface area (Å²) in [7, 11) is 0. The van der Waals surface area contributed by atoms with Crippen LogP contribution in [0.3, 0.4) is 0 Å². The number of likely N-dealkylation sites (tertiary alicyclic amines) is 1. The smallest absolute Gasteiger partial charge is 0.410 e. The van der Waals surface area contributed by atoms with Gasteiger partial charge < -0.3 is 18.9 Å². The lowest BCUT2D eigenvalue weighted by atomic mass is 10.1. The van der Waals surface area contributed by atoms with E-state index in [2.05, 4.69) is 20.5 Å². The largest absolute Gasteiger partial charge is 0.454 e. The van der Waals surface area contributed by atoms with Crippen molar-refractivity contribution < 1.29 is 14.3 Å². The molecule has 152 valence electrons. The third kappa shape index (κ3) is 3.96. The number of aryl methyl sites for hydroxylation is 1. The van der Waals surface area contributed by atoms with Crippen molar-refractivity contribution in [3.8, 4) is 11.5 Å². The summed E-state index contributed by atoms with van der Waals surface area (Å²) in [5.74, 6) is 2.34. The topological polar surface area (TPSA) is 56.6 Å². The molecule has 6 nitrogen and oxygen atoms in total. The summed E-state index contributed by atoms with van der Waals surface area (Å²) >= 11 is 3.59. The van der Waals surface area contributed by atoms with E-state index in [1.165, 1.54) is 0 Å². The Labute approximate surface area is 178 Å². The molecule has 0 unspecified atom stereocenters. The Morgan fingerprint density at radius 3 is 2.48 bits per heavy atom. The molecule has 0 saturated carbocycles. The van der Waals surface area contributed by atoms with Crippen molar-refractivity contribution in [3.05, 3.63) is 52.8 Å². The zero-order valence-electron chi connectivity index (χ0n) is 17.0. The molecule has 29 heavy (non-hydrogen) atoms. The van der Waals surface area contributed by atoms with Crippen molar-refractivity contribution in [3.63, 3.8) is 0 Å². The Bertz CT molecular complexity index is 1050. The molecule has 0 atom stereocenters. The minimum atomic E-state index is -0.490. The summed E-state index contributed by atoms with van der Waals surface area (Å²) in [5, 5.41) is 0. The highest BCUT2D eigenvalue weighted by Crippen LogP contribution is 2.39. The first-order valence-corrected chi connectivity index (χ1v) is 10.4. The number of rotatable bonds is 3. The maximum absolute atomic E-state index is 12.3. The van der Waals surface area contributed by atoms with Gasteiger partial charge in [-0.05, 0) is 67.9 Å². The number of hydrogen-bond donors (Lipinski definition) is 0. The molecule has 1 fully saturated rings. The Kier molecular flexibility index (Phi) is 5.02. The molecular formula is C22H24BrN3O3. The van der Waals surface area contributed by atoms with Crippen LogP contribution >= 0.6 is 15.9 Å². The maximum atomic E-state index is 12.3. The lowest BCUT2D eigenvalue weighted by Gasteiger charge is -2.41. The molecule has 1 amide bonds. The fraction of sp³-hybridized carbons (Fsp3) is 0.364. The molecule has 0 spiro atoms. The van der Waals surface area contributed by atoms with Gasteiger partial charge in [-0.15, -0.1) is 0 Å². The van der Waals surface area contributed by atoms with E-state index in [0.29, 0.717) is 18.8 Å². The van der Waals surface area contributed by atoms with E-state index < -0.39 is 5.60 Å². The molecule has 0 bridgehead atoms. The number of halogens is 1. The van der Waals surface area contributed by atoms with Gasteiger partial charge in [0.05, 0.1) is 16.0 Å². The van der Waals surface area contributed by atoms with E-state index in [4.69, 9.17) is 14.5 Å². The molecule has 1 aromatic heterocycles. The van der Waals surface area contributed by atoms with Crippen LogP contribution in [-0.2, 0) is 4.74 Å². The van der Waals surface area contributed by atoms with Crippen molar-refractivity contribution in [2.45, 2.75) is 39.3 Å². The molecule has 4 rings (SSSR count). The van der Waals surface area contributed by atoms with Crippen LogP contribution in [0.25, 0.3) is 11.0 Å². The first-order valence-electron chi connectivity index (χ1n) is 9.61. The molecule has 0 radical (unpaired) electrons. The summed E-state index contributed by atoms with van der Waals surface area (Å²) in [6, 6.07) is 13.8. The average Bonchev–Trinajstić information content (AvgIpc) is 2.92. The summed E-state index contributed by atoms with van der Waals surface area (Å²) in [6.07, 6.45) is -0.272. The maximum Gasteiger partial charge on any atom is 0.410 e. The van der Waals surface area contributed by atoms with Crippen LogP contribution in [-0.4, -0.2) is 39.2 Å². The molecule has 2 heterocycles. The van der Waals surface area contributed by atoms with Crippen LogP contribution in [0.15, 0.2) is 46.9 Å². The SMILES string of the molecule is Cc1nc2c(Oc3ccccc3)c(Br)ccc2n1C1CN(C(=O)OC(C)(C)C)C1. The van der Waals surface area contributed by atoms with Gasteiger partial charge in [0.2, 0.25) is 0 Å². The van der Waals surface area contributed by atoms with Crippen LogP contribution in [0.4, 0.5) is 4.79 Å². The minimum Gasteiger partial charge on any atom is -0.454 e. The van der Waals surface area contributed by atoms with Gasteiger partial charge in [-0.2, -0.15) is 0 Å². The zero-order valence-corrected chi connectivity index (χ0v) is 18.6. The first kappa shape index (κ1) is 19.8. The van der Waals surface area contributed by atoms with Gasteiger partial charge in [-0.1, -0.05) is 18.2 Å². The van der Waals surface area contributed by atoms with Gasteiger partial charge in [-0.25, -0.2) is 9.78 Å². The van der Waals surface area contributed by atoms with Crippen LogP contribution in [0.1, 0.15) is 32.6 Å². The highest BCUT2D eigenvalue weighted by atomic mass is 79.9. The number of hydrogen-bond acceptors (Lipinski definition) is 4. The summed E-state index contributed by atoms with van der Waals surface area (Å²) in [6.45, 7) is 8.82. The van der Waals surface area contributed by atoms with Gasteiger partial charge in [0, 0.05) is 13.1 Å². The van der Waals surface area contributed by atoms with Crippen molar-refractivity contribution in [1.82, 2.24) is 14.5 Å². The quantitative estimate of drug-likeness (QED) is 0.506. The highest BCUT2D eigenvalue weighted by Gasteiger charge is 2.36. The summed E-state index contributed by atoms with van der Waals surface area (Å²) < 4.78 is 14.6. The van der Waals surface area contributed by atoms with E-state index in [1.54, 1.807) is 4.90 Å². The number of aromatic nitrogens is 2. The number of carbonyl (C=O) groups is 1. The lowest BCUT2D eigenvalue weighted by Crippen LogP contribution is -2.52. The molecule has 2 aromatic carbocycles. The number of imidazole rings is 1. The second-order valence-corrected chi connectivity index (χ2v) is 9.08. The second-order valence-electron chi connectivity index (χ2n) is 8.23. The Morgan fingerprint density at radius 1 is 1.14 bits per heavy atom. The third-order valence-electron chi connectivity index (χ3n) is 4.79. The summed E-state index contributed by atoms with van der Waals surface area (Å²) in [5.41, 5.74) is 1.30. The van der Waals surface area contributed by atoms with Crippen LogP contribution in [0.5, 0.6) is 11.5 Å². The number of amides is 1. The van der Waals surface area contributed by atoms with Gasteiger partial charge in [-0.3, -0.25) is 0 Å². The fourth-order valence-corrected chi connectivity index (χ4v) is 3.89.